The lowest BCUT2D eigenvalue weighted by Crippen LogP contribution is -2.30. The molecule has 6 nitrogen and oxygen atoms in total. The molecular formula is C65H100O6. The summed E-state index contributed by atoms with van der Waals surface area (Å²) in [4.78, 5) is 38.1. The molecule has 0 rings (SSSR count). The number of unbranched alkanes of at least 4 members (excludes halogenated alkanes) is 11. The van der Waals surface area contributed by atoms with Crippen LogP contribution in [0.4, 0.5) is 0 Å². The van der Waals surface area contributed by atoms with Gasteiger partial charge in [0, 0.05) is 19.3 Å². The molecular weight excluding hydrogens is 877 g/mol. The van der Waals surface area contributed by atoms with Gasteiger partial charge in [-0.3, -0.25) is 14.4 Å². The van der Waals surface area contributed by atoms with Crippen LogP contribution in [0.15, 0.2) is 158 Å². The van der Waals surface area contributed by atoms with E-state index in [1.54, 1.807) is 0 Å². The van der Waals surface area contributed by atoms with Crippen LogP contribution in [0.1, 0.15) is 213 Å². The smallest absolute Gasteiger partial charge is 0.306 e. The highest BCUT2D eigenvalue weighted by molar-refractivity contribution is 5.71. The third kappa shape index (κ3) is 55.8. The first-order valence-corrected chi connectivity index (χ1v) is 28.0. The molecule has 0 saturated carbocycles. The average molecular weight is 978 g/mol. The number of allylic oxidation sites excluding steroid dienone is 26. The highest BCUT2D eigenvalue weighted by Crippen LogP contribution is 2.11. The van der Waals surface area contributed by atoms with Crippen molar-refractivity contribution in [2.24, 2.45) is 0 Å². The number of rotatable bonds is 48. The summed E-state index contributed by atoms with van der Waals surface area (Å²) in [5, 5.41) is 0. The number of carbonyl (C=O) groups excluding carboxylic acids is 3. The molecule has 0 aliphatic heterocycles. The highest BCUT2D eigenvalue weighted by Gasteiger charge is 2.19. The van der Waals surface area contributed by atoms with E-state index >= 15 is 0 Å². The van der Waals surface area contributed by atoms with E-state index in [2.05, 4.69) is 167 Å². The molecule has 0 aliphatic rings. The second kappa shape index (κ2) is 57.6. The molecule has 0 aromatic carbocycles. The van der Waals surface area contributed by atoms with Crippen molar-refractivity contribution in [3.8, 4) is 0 Å². The van der Waals surface area contributed by atoms with Gasteiger partial charge in [0.25, 0.3) is 0 Å². The van der Waals surface area contributed by atoms with Crippen molar-refractivity contribution in [1.82, 2.24) is 0 Å². The third-order valence-corrected chi connectivity index (χ3v) is 11.0. The third-order valence-electron chi connectivity index (χ3n) is 11.0. The summed E-state index contributed by atoms with van der Waals surface area (Å²) in [6.07, 6.45) is 83.8. The van der Waals surface area contributed by atoms with Gasteiger partial charge in [0.1, 0.15) is 13.2 Å². The molecule has 0 heterocycles. The molecule has 0 saturated heterocycles. The van der Waals surface area contributed by atoms with E-state index in [1.165, 1.54) is 25.7 Å². The van der Waals surface area contributed by atoms with Crippen LogP contribution in [0.25, 0.3) is 0 Å². The second-order valence-electron chi connectivity index (χ2n) is 17.7. The van der Waals surface area contributed by atoms with Gasteiger partial charge in [0.2, 0.25) is 0 Å². The Bertz CT molecular complexity index is 1560. The van der Waals surface area contributed by atoms with Gasteiger partial charge in [-0.15, -0.1) is 0 Å². The van der Waals surface area contributed by atoms with Crippen LogP contribution in [-0.2, 0) is 28.6 Å². The Labute approximate surface area is 435 Å². The molecule has 0 N–H and O–H groups in total. The summed E-state index contributed by atoms with van der Waals surface area (Å²) in [6.45, 7) is 6.26. The molecule has 6 heteroatoms. The zero-order chi connectivity index (χ0) is 51.4. The number of esters is 3. The minimum Gasteiger partial charge on any atom is -0.462 e. The standard InChI is InChI=1S/C65H100O6/c1-4-7-10-13-16-19-22-25-28-31-32-35-38-41-44-47-50-53-56-59-65(68)71-62(60-69-63(66)57-54-51-48-45-42-39-36-33-29-26-23-20-17-14-11-8-5-2)61-70-64(67)58-55-52-49-46-43-40-37-34-30-27-24-21-18-15-12-9-6-3/h8-9,11-12,16-21,25-30,32,35-37,39-41,44,50,53,62H,4-7,10,13-15,22-24,31,33-34,38,42-43,45-49,51-52,54-61H2,1-3H3/b11-8-,12-9-,19-16-,20-17-,21-18-,28-25-,29-26-,30-27-,35-32-,39-36-,40-37-,44-41-,53-50-. The Kier molecular flexibility index (Phi) is 53.6. The van der Waals surface area contributed by atoms with Crippen molar-refractivity contribution >= 4 is 17.9 Å². The fourth-order valence-corrected chi connectivity index (χ4v) is 6.88. The summed E-state index contributed by atoms with van der Waals surface area (Å²) in [6, 6.07) is 0. The Morgan fingerprint density at radius 3 is 0.901 bits per heavy atom. The van der Waals surface area contributed by atoms with Gasteiger partial charge in [-0.25, -0.2) is 0 Å². The van der Waals surface area contributed by atoms with Crippen molar-refractivity contribution < 1.29 is 28.6 Å². The molecule has 0 aromatic heterocycles. The molecule has 0 spiro atoms. The van der Waals surface area contributed by atoms with Gasteiger partial charge in [-0.05, 0) is 135 Å². The minimum atomic E-state index is -0.847. The van der Waals surface area contributed by atoms with Crippen LogP contribution in [0.3, 0.4) is 0 Å². The maximum atomic E-state index is 12.8. The van der Waals surface area contributed by atoms with Crippen LogP contribution < -0.4 is 0 Å². The van der Waals surface area contributed by atoms with Crippen molar-refractivity contribution in [3.05, 3.63) is 158 Å². The minimum absolute atomic E-state index is 0.136. The zero-order valence-electron chi connectivity index (χ0n) is 45.2. The molecule has 0 radical (unpaired) electrons. The van der Waals surface area contributed by atoms with Gasteiger partial charge in [-0.2, -0.15) is 0 Å². The van der Waals surface area contributed by atoms with Crippen LogP contribution in [0.5, 0.6) is 0 Å². The number of hydrogen-bond acceptors (Lipinski definition) is 6. The van der Waals surface area contributed by atoms with Crippen LogP contribution in [0.2, 0.25) is 0 Å². The summed E-state index contributed by atoms with van der Waals surface area (Å²) in [5.41, 5.74) is 0. The Hall–Kier alpha value is -4.97. The first-order valence-electron chi connectivity index (χ1n) is 28.0. The summed E-state index contributed by atoms with van der Waals surface area (Å²) >= 11 is 0. The van der Waals surface area contributed by atoms with E-state index in [0.717, 1.165) is 141 Å². The van der Waals surface area contributed by atoms with Crippen LogP contribution in [0, 0.1) is 0 Å². The Balaban J connectivity index is 4.63. The SMILES string of the molecule is CC/C=C\C/C=C\C/C=C\C/C=C\CCCCCCC(=O)OCC(COC(=O)CCCCCC/C=C\C/C=C\C/C=C\C/C=C\CC)OC(=O)CC/C=C\C/C=C\C/C=C\C/C=C\C/C=C\CCCCC. The average Bonchev–Trinajstić information content (AvgIpc) is 3.37. The zero-order valence-corrected chi connectivity index (χ0v) is 45.2. The van der Waals surface area contributed by atoms with Gasteiger partial charge < -0.3 is 14.2 Å². The number of carbonyl (C=O) groups is 3. The molecule has 0 bridgehead atoms. The van der Waals surface area contributed by atoms with Crippen molar-refractivity contribution in [1.29, 1.82) is 0 Å². The van der Waals surface area contributed by atoms with E-state index in [9.17, 15) is 14.4 Å². The van der Waals surface area contributed by atoms with E-state index in [-0.39, 0.29) is 31.6 Å². The van der Waals surface area contributed by atoms with Gasteiger partial charge in [-0.1, -0.05) is 217 Å². The summed E-state index contributed by atoms with van der Waals surface area (Å²) in [5.74, 6) is -1.08. The Morgan fingerprint density at radius 1 is 0.296 bits per heavy atom. The summed E-state index contributed by atoms with van der Waals surface area (Å²) in [7, 11) is 0. The fraction of sp³-hybridized carbons (Fsp3) is 0.554. The molecule has 0 atom stereocenters. The van der Waals surface area contributed by atoms with Gasteiger partial charge in [0.05, 0.1) is 0 Å². The topological polar surface area (TPSA) is 78.9 Å². The van der Waals surface area contributed by atoms with Crippen molar-refractivity contribution in [3.63, 3.8) is 0 Å². The summed E-state index contributed by atoms with van der Waals surface area (Å²) < 4.78 is 16.7. The van der Waals surface area contributed by atoms with Crippen molar-refractivity contribution in [2.45, 2.75) is 219 Å². The van der Waals surface area contributed by atoms with Crippen molar-refractivity contribution in [2.75, 3.05) is 13.2 Å². The van der Waals surface area contributed by atoms with E-state index < -0.39 is 12.1 Å². The molecule has 71 heavy (non-hydrogen) atoms. The predicted octanol–water partition coefficient (Wildman–Crippen LogP) is 19.0. The first-order chi connectivity index (χ1) is 35.0. The molecule has 0 aromatic rings. The number of hydrogen-bond donors (Lipinski definition) is 0. The van der Waals surface area contributed by atoms with E-state index in [1.807, 2.05) is 12.2 Å². The fourth-order valence-electron chi connectivity index (χ4n) is 6.88. The number of ether oxygens (including phenoxy) is 3. The lowest BCUT2D eigenvalue weighted by atomic mass is 10.1. The highest BCUT2D eigenvalue weighted by atomic mass is 16.6. The maximum absolute atomic E-state index is 12.8. The first kappa shape index (κ1) is 66.0. The predicted molar refractivity (Wildman–Crippen MR) is 306 cm³/mol. The molecule has 0 aliphatic carbocycles. The molecule has 396 valence electrons. The second-order valence-corrected chi connectivity index (χ2v) is 17.7. The van der Waals surface area contributed by atoms with E-state index in [0.29, 0.717) is 19.3 Å². The van der Waals surface area contributed by atoms with Crippen LogP contribution in [-0.4, -0.2) is 37.2 Å². The Morgan fingerprint density at radius 2 is 0.577 bits per heavy atom. The van der Waals surface area contributed by atoms with Crippen LogP contribution >= 0.6 is 0 Å². The normalized spacial score (nSPS) is 13.0. The lowest BCUT2D eigenvalue weighted by molar-refractivity contribution is -0.166. The van der Waals surface area contributed by atoms with Gasteiger partial charge in [0.15, 0.2) is 6.10 Å². The van der Waals surface area contributed by atoms with Gasteiger partial charge >= 0.3 is 17.9 Å². The van der Waals surface area contributed by atoms with E-state index in [4.69, 9.17) is 14.2 Å². The largest absolute Gasteiger partial charge is 0.462 e. The molecule has 0 unspecified atom stereocenters. The maximum Gasteiger partial charge on any atom is 0.306 e. The molecule has 0 amide bonds. The molecule has 0 fully saturated rings. The lowest BCUT2D eigenvalue weighted by Gasteiger charge is -2.18. The monoisotopic (exact) mass is 977 g/mol. The quantitative estimate of drug-likeness (QED) is 0.0262.